The smallest absolute Gasteiger partial charge is 0.224 e. The Morgan fingerprint density at radius 3 is 2.93 bits per heavy atom. The van der Waals surface area contributed by atoms with Gasteiger partial charge < -0.3 is 15.0 Å². The number of likely N-dealkylation sites (tertiary alicyclic amines) is 1. The number of nitrogens with one attached hydrogen (secondary N) is 1. The van der Waals surface area contributed by atoms with E-state index in [9.17, 15) is 9.59 Å². The quantitative estimate of drug-likeness (QED) is 0.703. The number of aryl methyl sites for hydroxylation is 1. The predicted molar refractivity (Wildman–Crippen MR) is 108 cm³/mol. The fraction of sp³-hybridized carbons (Fsp3) is 0.526. The zero-order chi connectivity index (χ0) is 20.6. The van der Waals surface area contributed by atoms with Crippen LogP contribution in [0.4, 0.5) is 5.69 Å². The van der Waals surface area contributed by atoms with Gasteiger partial charge in [0.1, 0.15) is 12.1 Å². The zero-order valence-electron chi connectivity index (χ0n) is 16.4. The van der Waals surface area contributed by atoms with Crippen molar-refractivity contribution in [1.29, 1.82) is 0 Å². The fourth-order valence-electron chi connectivity index (χ4n) is 3.48. The van der Waals surface area contributed by atoms with Crippen LogP contribution in [0.5, 0.6) is 5.75 Å². The number of tetrazole rings is 1. The summed E-state index contributed by atoms with van der Waals surface area (Å²) in [6, 6.07) is 5.15. The molecular weight excluding hydrogens is 396 g/mol. The molecule has 1 aliphatic rings. The minimum absolute atomic E-state index is 0.0617. The van der Waals surface area contributed by atoms with Gasteiger partial charge >= 0.3 is 0 Å². The van der Waals surface area contributed by atoms with Crippen molar-refractivity contribution in [1.82, 2.24) is 25.1 Å². The van der Waals surface area contributed by atoms with Gasteiger partial charge in [0, 0.05) is 31.6 Å². The Balaban J connectivity index is 1.42. The minimum Gasteiger partial charge on any atom is -0.495 e. The maximum absolute atomic E-state index is 12.4. The first-order valence-electron chi connectivity index (χ1n) is 9.67. The summed E-state index contributed by atoms with van der Waals surface area (Å²) in [4.78, 5) is 26.6. The minimum atomic E-state index is -0.0617. The Labute approximate surface area is 174 Å². The predicted octanol–water partition coefficient (Wildman–Crippen LogP) is 2.38. The summed E-state index contributed by atoms with van der Waals surface area (Å²) in [5.41, 5.74) is 0.642. The lowest BCUT2D eigenvalue weighted by atomic mass is 9.93. The second kappa shape index (κ2) is 10.2. The van der Waals surface area contributed by atoms with Crippen LogP contribution in [-0.4, -0.2) is 57.1 Å². The molecular formula is C19H25ClN6O3. The van der Waals surface area contributed by atoms with Crippen molar-refractivity contribution >= 4 is 29.1 Å². The normalized spacial score (nSPS) is 16.5. The number of nitrogens with zero attached hydrogens (tertiary/aromatic N) is 5. The van der Waals surface area contributed by atoms with E-state index in [0.29, 0.717) is 48.3 Å². The Morgan fingerprint density at radius 1 is 1.34 bits per heavy atom. The van der Waals surface area contributed by atoms with E-state index in [0.717, 1.165) is 25.8 Å². The van der Waals surface area contributed by atoms with Crippen molar-refractivity contribution in [3.8, 4) is 5.75 Å². The van der Waals surface area contributed by atoms with Crippen molar-refractivity contribution in [2.75, 3.05) is 25.5 Å². The van der Waals surface area contributed by atoms with E-state index in [2.05, 4.69) is 20.8 Å². The molecule has 2 aromatic rings. The number of rotatable bonds is 8. The van der Waals surface area contributed by atoms with E-state index in [1.807, 2.05) is 4.90 Å². The lowest BCUT2D eigenvalue weighted by molar-refractivity contribution is -0.133. The average Bonchev–Trinajstić information content (AvgIpc) is 3.24. The van der Waals surface area contributed by atoms with Crippen molar-refractivity contribution in [3.05, 3.63) is 29.5 Å². The van der Waals surface area contributed by atoms with E-state index < -0.39 is 0 Å². The summed E-state index contributed by atoms with van der Waals surface area (Å²) in [6.07, 6.45) is 5.00. The first kappa shape index (κ1) is 21.0. The highest BCUT2D eigenvalue weighted by Gasteiger charge is 2.24. The van der Waals surface area contributed by atoms with Crippen LogP contribution in [0, 0.1) is 5.92 Å². The molecule has 0 radical (unpaired) electrons. The first-order chi connectivity index (χ1) is 14.0. The molecule has 1 atom stereocenters. The maximum atomic E-state index is 12.4. The van der Waals surface area contributed by atoms with Crippen LogP contribution < -0.4 is 10.1 Å². The van der Waals surface area contributed by atoms with Crippen LogP contribution in [-0.2, 0) is 16.1 Å². The molecule has 29 heavy (non-hydrogen) atoms. The molecule has 1 aliphatic heterocycles. The number of benzene rings is 1. The summed E-state index contributed by atoms with van der Waals surface area (Å²) >= 11 is 6.09. The standard InChI is InChI=1S/C19H25ClN6O3/c1-29-17-6-5-15(11-16(17)20)22-18(27)7-4-14-3-2-9-25(12-14)19(28)8-10-26-13-21-23-24-26/h5-6,11,13-14H,2-4,7-10,12H2,1H3,(H,22,27). The van der Waals surface area contributed by atoms with E-state index >= 15 is 0 Å². The number of carbonyl (C=O) groups is 2. The average molecular weight is 421 g/mol. The van der Waals surface area contributed by atoms with Crippen molar-refractivity contribution < 1.29 is 14.3 Å². The van der Waals surface area contributed by atoms with Crippen LogP contribution in [0.1, 0.15) is 32.1 Å². The highest BCUT2D eigenvalue weighted by Crippen LogP contribution is 2.27. The number of carbonyl (C=O) groups excluding carboxylic acids is 2. The van der Waals surface area contributed by atoms with Crippen molar-refractivity contribution in [2.45, 2.75) is 38.6 Å². The topological polar surface area (TPSA) is 102 Å². The molecule has 2 amide bonds. The van der Waals surface area contributed by atoms with Crippen LogP contribution >= 0.6 is 11.6 Å². The van der Waals surface area contributed by atoms with Gasteiger partial charge in [-0.15, -0.1) is 5.10 Å². The third kappa shape index (κ3) is 6.15. The Bertz CT molecular complexity index is 829. The molecule has 0 saturated carbocycles. The third-order valence-electron chi connectivity index (χ3n) is 5.03. The molecule has 9 nitrogen and oxygen atoms in total. The largest absolute Gasteiger partial charge is 0.495 e. The molecule has 1 N–H and O–H groups in total. The zero-order valence-corrected chi connectivity index (χ0v) is 17.1. The second-order valence-electron chi connectivity index (χ2n) is 7.11. The number of hydrogen-bond acceptors (Lipinski definition) is 6. The third-order valence-corrected chi connectivity index (χ3v) is 5.33. The van der Waals surface area contributed by atoms with Gasteiger partial charge in [-0.2, -0.15) is 0 Å². The molecule has 1 aromatic heterocycles. The fourth-order valence-corrected chi connectivity index (χ4v) is 3.74. The number of halogens is 1. The maximum Gasteiger partial charge on any atom is 0.224 e. The van der Waals surface area contributed by atoms with Crippen LogP contribution in [0.25, 0.3) is 0 Å². The summed E-state index contributed by atoms with van der Waals surface area (Å²) in [6.45, 7) is 1.93. The molecule has 1 saturated heterocycles. The van der Waals surface area contributed by atoms with Gasteiger partial charge in [-0.1, -0.05) is 11.6 Å². The van der Waals surface area contributed by atoms with Gasteiger partial charge in [0.2, 0.25) is 11.8 Å². The van der Waals surface area contributed by atoms with Crippen LogP contribution in [0.2, 0.25) is 5.02 Å². The van der Waals surface area contributed by atoms with Crippen molar-refractivity contribution in [2.24, 2.45) is 5.92 Å². The van der Waals surface area contributed by atoms with Crippen LogP contribution in [0.3, 0.4) is 0 Å². The summed E-state index contributed by atoms with van der Waals surface area (Å²) in [5.74, 6) is 0.929. The number of anilines is 1. The first-order valence-corrected chi connectivity index (χ1v) is 10.0. The Morgan fingerprint density at radius 2 is 2.21 bits per heavy atom. The van der Waals surface area contributed by atoms with Crippen LogP contribution in [0.15, 0.2) is 24.5 Å². The number of methoxy groups -OCH3 is 1. The number of amides is 2. The SMILES string of the molecule is COc1ccc(NC(=O)CCC2CCCN(C(=O)CCn3cnnn3)C2)cc1Cl. The number of hydrogen-bond donors (Lipinski definition) is 1. The molecule has 0 spiro atoms. The number of piperidine rings is 1. The molecule has 156 valence electrons. The monoisotopic (exact) mass is 420 g/mol. The summed E-state index contributed by atoms with van der Waals surface area (Å²) in [7, 11) is 1.55. The second-order valence-corrected chi connectivity index (χ2v) is 7.51. The van der Waals surface area contributed by atoms with Gasteiger partial charge in [-0.05, 0) is 53.8 Å². The van der Waals surface area contributed by atoms with E-state index in [1.54, 1.807) is 30.0 Å². The number of ether oxygens (including phenoxy) is 1. The molecule has 3 rings (SSSR count). The van der Waals surface area contributed by atoms with E-state index in [4.69, 9.17) is 16.3 Å². The van der Waals surface area contributed by atoms with Crippen molar-refractivity contribution in [3.63, 3.8) is 0 Å². The molecule has 0 bridgehead atoms. The molecule has 10 heteroatoms. The number of aromatic nitrogens is 4. The highest BCUT2D eigenvalue weighted by atomic mass is 35.5. The Kier molecular flexibility index (Phi) is 7.40. The summed E-state index contributed by atoms with van der Waals surface area (Å²) in [5, 5.41) is 14.2. The van der Waals surface area contributed by atoms with Gasteiger partial charge in [0.05, 0.1) is 18.7 Å². The molecule has 0 aliphatic carbocycles. The highest BCUT2D eigenvalue weighted by molar-refractivity contribution is 6.32. The lowest BCUT2D eigenvalue weighted by Crippen LogP contribution is -2.40. The molecule has 1 aromatic carbocycles. The van der Waals surface area contributed by atoms with E-state index in [-0.39, 0.29) is 11.8 Å². The van der Waals surface area contributed by atoms with Gasteiger partial charge in [0.15, 0.2) is 0 Å². The van der Waals surface area contributed by atoms with E-state index in [1.165, 1.54) is 6.33 Å². The van der Waals surface area contributed by atoms with Gasteiger partial charge in [-0.25, -0.2) is 4.68 Å². The lowest BCUT2D eigenvalue weighted by Gasteiger charge is -2.32. The molecule has 2 heterocycles. The molecule has 1 unspecified atom stereocenters. The van der Waals surface area contributed by atoms with Gasteiger partial charge in [-0.3, -0.25) is 9.59 Å². The summed E-state index contributed by atoms with van der Waals surface area (Å²) < 4.78 is 6.66. The Hall–Kier alpha value is -2.68. The van der Waals surface area contributed by atoms with Gasteiger partial charge in [0.25, 0.3) is 0 Å². The molecule has 1 fully saturated rings.